The van der Waals surface area contributed by atoms with E-state index in [1.54, 1.807) is 18.9 Å². The largest absolute Gasteiger partial charge is 0.385 e. The minimum absolute atomic E-state index is 0.0121. The van der Waals surface area contributed by atoms with Crippen LogP contribution in [0.1, 0.15) is 24.9 Å². The first kappa shape index (κ1) is 19.1. The molecule has 0 radical (unpaired) electrons. The SMILES string of the molecule is COCCCSc1nc2ccc(Br)cc2c(=O)n1C(C)c1ccccc1. The van der Waals surface area contributed by atoms with Gasteiger partial charge in [0.25, 0.3) is 5.56 Å². The van der Waals surface area contributed by atoms with Crippen molar-refractivity contribution in [1.82, 2.24) is 9.55 Å². The van der Waals surface area contributed by atoms with Gasteiger partial charge in [0.2, 0.25) is 0 Å². The fourth-order valence-electron chi connectivity index (χ4n) is 2.84. The van der Waals surface area contributed by atoms with E-state index in [9.17, 15) is 4.79 Å². The Labute approximate surface area is 165 Å². The summed E-state index contributed by atoms with van der Waals surface area (Å²) in [4.78, 5) is 18.1. The smallest absolute Gasteiger partial charge is 0.262 e. The van der Waals surface area contributed by atoms with Gasteiger partial charge in [-0.3, -0.25) is 9.36 Å². The van der Waals surface area contributed by atoms with Crippen LogP contribution in [-0.2, 0) is 4.74 Å². The summed E-state index contributed by atoms with van der Waals surface area (Å²) in [5, 5.41) is 1.38. The second-order valence-electron chi connectivity index (χ2n) is 6.01. The quantitative estimate of drug-likeness (QED) is 0.302. The molecular formula is C20H21BrN2O2S. The maximum atomic E-state index is 13.3. The molecule has 0 aliphatic rings. The van der Waals surface area contributed by atoms with E-state index in [0.717, 1.165) is 32.9 Å². The summed E-state index contributed by atoms with van der Waals surface area (Å²) < 4.78 is 7.81. The lowest BCUT2D eigenvalue weighted by Gasteiger charge is -2.20. The summed E-state index contributed by atoms with van der Waals surface area (Å²) in [7, 11) is 1.70. The minimum Gasteiger partial charge on any atom is -0.385 e. The molecule has 26 heavy (non-hydrogen) atoms. The van der Waals surface area contributed by atoms with Crippen molar-refractivity contribution in [3.63, 3.8) is 0 Å². The Balaban J connectivity index is 2.10. The predicted molar refractivity (Wildman–Crippen MR) is 111 cm³/mol. The zero-order valence-electron chi connectivity index (χ0n) is 14.8. The third-order valence-corrected chi connectivity index (χ3v) is 5.76. The fraction of sp³-hybridized carbons (Fsp3) is 0.300. The summed E-state index contributed by atoms with van der Waals surface area (Å²) in [6, 6.07) is 15.6. The zero-order valence-corrected chi connectivity index (χ0v) is 17.2. The Morgan fingerprint density at radius 2 is 2.00 bits per heavy atom. The van der Waals surface area contributed by atoms with Crippen molar-refractivity contribution < 1.29 is 4.74 Å². The first-order valence-corrected chi connectivity index (χ1v) is 10.3. The normalized spacial score (nSPS) is 12.4. The molecule has 1 aromatic heterocycles. The number of benzene rings is 2. The number of fused-ring (bicyclic) bond motifs is 1. The molecule has 2 aromatic carbocycles. The highest BCUT2D eigenvalue weighted by atomic mass is 79.9. The summed E-state index contributed by atoms with van der Waals surface area (Å²) in [5.74, 6) is 0.851. The summed E-state index contributed by atoms with van der Waals surface area (Å²) in [6.45, 7) is 2.74. The monoisotopic (exact) mass is 432 g/mol. The number of ether oxygens (including phenoxy) is 1. The number of rotatable bonds is 7. The molecule has 6 heteroatoms. The fourth-order valence-corrected chi connectivity index (χ4v) is 4.19. The van der Waals surface area contributed by atoms with Gasteiger partial charge in [0.05, 0.1) is 16.9 Å². The van der Waals surface area contributed by atoms with E-state index in [-0.39, 0.29) is 11.6 Å². The van der Waals surface area contributed by atoms with Crippen molar-refractivity contribution in [3.8, 4) is 0 Å². The average Bonchev–Trinajstić information content (AvgIpc) is 2.66. The Bertz CT molecular complexity index is 944. The highest BCUT2D eigenvalue weighted by Gasteiger charge is 2.18. The maximum absolute atomic E-state index is 13.3. The van der Waals surface area contributed by atoms with E-state index in [1.807, 2.05) is 60.0 Å². The van der Waals surface area contributed by atoms with Crippen molar-refractivity contribution >= 4 is 38.6 Å². The molecule has 0 N–H and O–H groups in total. The van der Waals surface area contributed by atoms with Gasteiger partial charge in [0.1, 0.15) is 0 Å². The molecule has 3 rings (SSSR count). The topological polar surface area (TPSA) is 44.1 Å². The van der Waals surface area contributed by atoms with Gasteiger partial charge in [-0.1, -0.05) is 58.0 Å². The third-order valence-electron chi connectivity index (χ3n) is 4.22. The molecule has 1 atom stereocenters. The Hall–Kier alpha value is -1.63. The molecule has 1 heterocycles. The molecule has 0 aliphatic heterocycles. The molecule has 0 bridgehead atoms. The number of aromatic nitrogens is 2. The van der Waals surface area contributed by atoms with Crippen LogP contribution in [0.4, 0.5) is 0 Å². The molecule has 0 aliphatic carbocycles. The predicted octanol–water partition coefficient (Wildman–Crippen LogP) is 4.90. The van der Waals surface area contributed by atoms with E-state index in [0.29, 0.717) is 12.0 Å². The lowest BCUT2D eigenvalue weighted by Crippen LogP contribution is -2.27. The summed E-state index contributed by atoms with van der Waals surface area (Å²) in [5.41, 5.74) is 1.80. The Kier molecular flexibility index (Phi) is 6.51. The summed E-state index contributed by atoms with van der Waals surface area (Å²) >= 11 is 5.06. The number of halogens is 1. The van der Waals surface area contributed by atoms with Crippen LogP contribution >= 0.6 is 27.7 Å². The average molecular weight is 433 g/mol. The molecule has 136 valence electrons. The number of methoxy groups -OCH3 is 1. The number of hydrogen-bond donors (Lipinski definition) is 0. The van der Waals surface area contributed by atoms with Gasteiger partial charge in [-0.15, -0.1) is 0 Å². The number of nitrogens with zero attached hydrogens (tertiary/aromatic N) is 2. The molecule has 0 fully saturated rings. The molecular weight excluding hydrogens is 412 g/mol. The van der Waals surface area contributed by atoms with Crippen LogP contribution in [0.15, 0.2) is 63.0 Å². The van der Waals surface area contributed by atoms with Crippen LogP contribution in [0.25, 0.3) is 10.9 Å². The highest BCUT2D eigenvalue weighted by molar-refractivity contribution is 9.10. The van der Waals surface area contributed by atoms with Gasteiger partial charge in [0, 0.05) is 23.9 Å². The van der Waals surface area contributed by atoms with E-state index in [1.165, 1.54) is 0 Å². The standard InChI is InChI=1S/C20H21BrN2O2S/c1-14(15-7-4-3-5-8-15)23-19(24)17-13-16(21)9-10-18(17)22-20(23)26-12-6-11-25-2/h3-5,7-10,13-14H,6,11-12H2,1-2H3. The molecule has 4 nitrogen and oxygen atoms in total. The molecule has 0 saturated carbocycles. The first-order valence-electron chi connectivity index (χ1n) is 8.50. The van der Waals surface area contributed by atoms with E-state index >= 15 is 0 Å². The van der Waals surface area contributed by atoms with Crippen LogP contribution < -0.4 is 5.56 Å². The van der Waals surface area contributed by atoms with Crippen LogP contribution in [-0.4, -0.2) is 29.0 Å². The second kappa shape index (κ2) is 8.84. The van der Waals surface area contributed by atoms with Gasteiger partial charge in [-0.05, 0) is 37.1 Å². The van der Waals surface area contributed by atoms with Crippen LogP contribution in [0, 0.1) is 0 Å². The van der Waals surface area contributed by atoms with Crippen molar-refractivity contribution in [3.05, 3.63) is 68.9 Å². The van der Waals surface area contributed by atoms with Gasteiger partial charge < -0.3 is 4.74 Å². The van der Waals surface area contributed by atoms with E-state index in [4.69, 9.17) is 9.72 Å². The van der Waals surface area contributed by atoms with Crippen molar-refractivity contribution in [1.29, 1.82) is 0 Å². The molecule has 0 saturated heterocycles. The van der Waals surface area contributed by atoms with Crippen LogP contribution in [0.2, 0.25) is 0 Å². The zero-order chi connectivity index (χ0) is 18.5. The second-order valence-corrected chi connectivity index (χ2v) is 7.99. The van der Waals surface area contributed by atoms with Gasteiger partial charge in [-0.25, -0.2) is 4.98 Å². The van der Waals surface area contributed by atoms with E-state index in [2.05, 4.69) is 15.9 Å². The summed E-state index contributed by atoms with van der Waals surface area (Å²) in [6.07, 6.45) is 0.912. The van der Waals surface area contributed by atoms with E-state index < -0.39 is 0 Å². The number of hydrogen-bond acceptors (Lipinski definition) is 4. The van der Waals surface area contributed by atoms with Gasteiger partial charge in [-0.2, -0.15) is 0 Å². The molecule has 3 aromatic rings. The number of thioether (sulfide) groups is 1. The highest BCUT2D eigenvalue weighted by Crippen LogP contribution is 2.26. The first-order chi connectivity index (χ1) is 12.6. The maximum Gasteiger partial charge on any atom is 0.262 e. The molecule has 0 amide bonds. The van der Waals surface area contributed by atoms with Gasteiger partial charge >= 0.3 is 0 Å². The van der Waals surface area contributed by atoms with Crippen molar-refractivity contribution in [2.75, 3.05) is 19.5 Å². The van der Waals surface area contributed by atoms with Crippen LogP contribution in [0.3, 0.4) is 0 Å². The van der Waals surface area contributed by atoms with Crippen LogP contribution in [0.5, 0.6) is 0 Å². The minimum atomic E-state index is -0.0930. The third kappa shape index (κ3) is 4.19. The van der Waals surface area contributed by atoms with Crippen molar-refractivity contribution in [2.45, 2.75) is 24.5 Å². The lowest BCUT2D eigenvalue weighted by atomic mass is 10.1. The Morgan fingerprint density at radius 3 is 2.73 bits per heavy atom. The van der Waals surface area contributed by atoms with Crippen molar-refractivity contribution in [2.24, 2.45) is 0 Å². The Morgan fingerprint density at radius 1 is 1.23 bits per heavy atom. The molecule has 1 unspecified atom stereocenters. The molecule has 0 spiro atoms. The van der Waals surface area contributed by atoms with Gasteiger partial charge in [0.15, 0.2) is 5.16 Å². The lowest BCUT2D eigenvalue weighted by molar-refractivity contribution is 0.200.